The van der Waals surface area contributed by atoms with Crippen LogP contribution in [0.25, 0.3) is 11.1 Å². The third-order valence-electron chi connectivity index (χ3n) is 5.47. The Kier molecular flexibility index (Phi) is 5.59. The van der Waals surface area contributed by atoms with Gasteiger partial charge in [0.1, 0.15) is 5.69 Å². The minimum absolute atomic E-state index is 0.159. The number of aryl methyl sites for hydroxylation is 2. The second kappa shape index (κ2) is 8.28. The number of nitrogens with zero attached hydrogens (tertiary/aromatic N) is 3. The quantitative estimate of drug-likeness (QED) is 0.493. The number of amides is 4. The summed E-state index contributed by atoms with van der Waals surface area (Å²) in [6.45, 7) is 1.39. The van der Waals surface area contributed by atoms with Crippen LogP contribution in [0, 0.1) is 6.92 Å². The van der Waals surface area contributed by atoms with E-state index < -0.39 is 35.3 Å². The minimum atomic E-state index is -4.58. The fourth-order valence-corrected chi connectivity index (χ4v) is 3.88. The summed E-state index contributed by atoms with van der Waals surface area (Å²) in [6.07, 6.45) is -1.96. The van der Waals surface area contributed by atoms with Crippen LogP contribution in [-0.4, -0.2) is 39.2 Å². The van der Waals surface area contributed by atoms with E-state index in [9.17, 15) is 27.6 Å². The summed E-state index contributed by atoms with van der Waals surface area (Å²) in [7, 11) is 1.66. The summed E-state index contributed by atoms with van der Waals surface area (Å²) < 4.78 is 40.0. The molecule has 0 spiro atoms. The SMILES string of the molecule is Cc1nn(C)cc1C1(CNC(=O)c2ccccc2-c2ccc(C(F)(F)F)nc2)NC(=O)NC1=O. The van der Waals surface area contributed by atoms with Gasteiger partial charge in [0, 0.05) is 36.1 Å². The lowest BCUT2D eigenvalue weighted by molar-refractivity contribution is -0.141. The molecule has 1 atom stereocenters. The van der Waals surface area contributed by atoms with Crippen molar-refractivity contribution >= 4 is 17.8 Å². The molecule has 1 aromatic carbocycles. The lowest BCUT2D eigenvalue weighted by Crippen LogP contribution is -2.52. The number of imide groups is 1. The van der Waals surface area contributed by atoms with Gasteiger partial charge in [-0.2, -0.15) is 18.3 Å². The maximum Gasteiger partial charge on any atom is 0.433 e. The number of urea groups is 1. The van der Waals surface area contributed by atoms with Gasteiger partial charge in [0.25, 0.3) is 11.8 Å². The molecule has 2 aromatic heterocycles. The van der Waals surface area contributed by atoms with Gasteiger partial charge in [-0.1, -0.05) is 24.3 Å². The van der Waals surface area contributed by atoms with Crippen molar-refractivity contribution in [2.75, 3.05) is 6.54 Å². The number of alkyl halides is 3. The van der Waals surface area contributed by atoms with Crippen LogP contribution in [-0.2, 0) is 23.6 Å². The van der Waals surface area contributed by atoms with Crippen LogP contribution in [0.4, 0.5) is 18.0 Å². The molecule has 4 rings (SSSR count). The molecule has 0 bridgehead atoms. The number of benzene rings is 1. The predicted octanol–water partition coefficient (Wildman–Crippen LogP) is 2.27. The smallest absolute Gasteiger partial charge is 0.349 e. The molecule has 0 radical (unpaired) electrons. The largest absolute Gasteiger partial charge is 0.433 e. The highest BCUT2D eigenvalue weighted by atomic mass is 19.4. The van der Waals surface area contributed by atoms with E-state index in [0.717, 1.165) is 12.3 Å². The fourth-order valence-electron chi connectivity index (χ4n) is 3.88. The third-order valence-corrected chi connectivity index (χ3v) is 5.47. The molecular formula is C22H19F3N6O3. The van der Waals surface area contributed by atoms with E-state index in [1.165, 1.54) is 16.8 Å². The summed E-state index contributed by atoms with van der Waals surface area (Å²) in [5, 5.41) is 11.6. The summed E-state index contributed by atoms with van der Waals surface area (Å²) in [5.74, 6) is -1.24. The van der Waals surface area contributed by atoms with Crippen molar-refractivity contribution < 1.29 is 27.6 Å². The van der Waals surface area contributed by atoms with E-state index in [-0.39, 0.29) is 12.1 Å². The van der Waals surface area contributed by atoms with Gasteiger partial charge in [0.15, 0.2) is 5.54 Å². The first-order valence-electron chi connectivity index (χ1n) is 10.1. The van der Waals surface area contributed by atoms with E-state index in [2.05, 4.69) is 26.0 Å². The average molecular weight is 472 g/mol. The minimum Gasteiger partial charge on any atom is -0.349 e. The second-order valence-electron chi connectivity index (χ2n) is 7.77. The van der Waals surface area contributed by atoms with Crippen LogP contribution in [0.2, 0.25) is 0 Å². The zero-order valence-electron chi connectivity index (χ0n) is 18.0. The third kappa shape index (κ3) is 4.09. The molecule has 1 aliphatic heterocycles. The number of aromatic nitrogens is 3. The van der Waals surface area contributed by atoms with Gasteiger partial charge >= 0.3 is 12.2 Å². The van der Waals surface area contributed by atoms with Gasteiger partial charge in [0.2, 0.25) is 0 Å². The first kappa shape index (κ1) is 23.0. The highest BCUT2D eigenvalue weighted by Gasteiger charge is 2.49. The Morgan fingerprint density at radius 1 is 1.18 bits per heavy atom. The van der Waals surface area contributed by atoms with Crippen molar-refractivity contribution in [3.05, 3.63) is 71.3 Å². The van der Waals surface area contributed by atoms with Crippen LogP contribution in [0.1, 0.15) is 27.3 Å². The molecule has 0 saturated carbocycles. The molecule has 1 unspecified atom stereocenters. The van der Waals surface area contributed by atoms with Gasteiger partial charge in [-0.15, -0.1) is 0 Å². The van der Waals surface area contributed by atoms with Crippen molar-refractivity contribution in [1.82, 2.24) is 30.7 Å². The summed E-state index contributed by atoms with van der Waals surface area (Å²) in [5.41, 5.74) is -0.891. The highest BCUT2D eigenvalue weighted by Crippen LogP contribution is 2.31. The molecule has 1 fully saturated rings. The Balaban J connectivity index is 1.63. The van der Waals surface area contributed by atoms with Crippen LogP contribution in [0.3, 0.4) is 0 Å². The molecule has 1 aliphatic rings. The Bertz CT molecular complexity index is 1290. The number of halogens is 3. The zero-order valence-corrected chi connectivity index (χ0v) is 18.0. The summed E-state index contributed by atoms with van der Waals surface area (Å²) in [4.78, 5) is 41.2. The van der Waals surface area contributed by atoms with Gasteiger partial charge < -0.3 is 10.6 Å². The van der Waals surface area contributed by atoms with Crippen LogP contribution >= 0.6 is 0 Å². The number of rotatable bonds is 5. The van der Waals surface area contributed by atoms with E-state index >= 15 is 0 Å². The number of pyridine rings is 1. The molecule has 34 heavy (non-hydrogen) atoms. The molecule has 0 aliphatic carbocycles. The Labute approximate surface area is 191 Å². The predicted molar refractivity (Wildman–Crippen MR) is 113 cm³/mol. The highest BCUT2D eigenvalue weighted by molar-refractivity contribution is 6.08. The summed E-state index contributed by atoms with van der Waals surface area (Å²) >= 11 is 0. The molecule has 3 heterocycles. The lowest BCUT2D eigenvalue weighted by atomic mass is 9.90. The van der Waals surface area contributed by atoms with Crippen molar-refractivity contribution in [1.29, 1.82) is 0 Å². The van der Waals surface area contributed by atoms with Gasteiger partial charge in [-0.05, 0) is 24.6 Å². The number of hydrogen-bond acceptors (Lipinski definition) is 5. The molecule has 9 nitrogen and oxygen atoms in total. The molecular weight excluding hydrogens is 453 g/mol. The van der Waals surface area contributed by atoms with Crippen LogP contribution < -0.4 is 16.0 Å². The normalized spacial score (nSPS) is 17.9. The Hall–Kier alpha value is -4.22. The first-order valence-corrected chi connectivity index (χ1v) is 10.1. The van der Waals surface area contributed by atoms with E-state index in [1.807, 2.05) is 0 Å². The molecule has 1 saturated heterocycles. The van der Waals surface area contributed by atoms with E-state index in [1.54, 1.807) is 38.4 Å². The average Bonchev–Trinajstić information content (AvgIpc) is 3.28. The molecule has 12 heteroatoms. The zero-order chi connectivity index (χ0) is 24.7. The van der Waals surface area contributed by atoms with Crippen LogP contribution in [0.5, 0.6) is 0 Å². The lowest BCUT2D eigenvalue weighted by Gasteiger charge is -2.26. The van der Waals surface area contributed by atoms with E-state index in [0.29, 0.717) is 22.4 Å². The first-order chi connectivity index (χ1) is 16.0. The maximum atomic E-state index is 13.1. The van der Waals surface area contributed by atoms with Crippen molar-refractivity contribution in [3.63, 3.8) is 0 Å². The van der Waals surface area contributed by atoms with Gasteiger partial charge in [-0.3, -0.25) is 24.6 Å². The second-order valence-corrected chi connectivity index (χ2v) is 7.77. The van der Waals surface area contributed by atoms with Crippen molar-refractivity contribution in [3.8, 4) is 11.1 Å². The molecule has 3 N–H and O–H groups in total. The molecule has 176 valence electrons. The van der Waals surface area contributed by atoms with E-state index in [4.69, 9.17) is 0 Å². The van der Waals surface area contributed by atoms with Crippen molar-refractivity contribution in [2.24, 2.45) is 7.05 Å². The number of carbonyl (C=O) groups is 3. The monoisotopic (exact) mass is 472 g/mol. The van der Waals surface area contributed by atoms with Gasteiger partial charge in [-0.25, -0.2) is 4.79 Å². The topological polar surface area (TPSA) is 118 Å². The van der Waals surface area contributed by atoms with Crippen molar-refractivity contribution in [2.45, 2.75) is 18.6 Å². The Morgan fingerprint density at radius 2 is 1.91 bits per heavy atom. The fraction of sp³-hybridized carbons (Fsp3) is 0.227. The standard InChI is InChI=1S/C22H19F3N6O3/c1-12-16(10-31(2)30-12)21(19(33)28-20(34)29-21)11-27-18(32)15-6-4-3-5-14(15)13-7-8-17(26-9-13)22(23,24)25/h3-10H,11H2,1-2H3,(H,27,32)(H2,28,29,33,34). The Morgan fingerprint density at radius 3 is 2.47 bits per heavy atom. The molecule has 4 amide bonds. The summed E-state index contributed by atoms with van der Waals surface area (Å²) in [6, 6.07) is 7.66. The maximum absolute atomic E-state index is 13.1. The number of carbonyl (C=O) groups excluding carboxylic acids is 3. The van der Waals surface area contributed by atoms with Crippen LogP contribution in [0.15, 0.2) is 48.8 Å². The number of nitrogens with one attached hydrogen (secondary N) is 3. The van der Waals surface area contributed by atoms with Gasteiger partial charge in [0.05, 0.1) is 12.2 Å². The molecule has 3 aromatic rings. The number of hydrogen-bond donors (Lipinski definition) is 3.